The van der Waals surface area contributed by atoms with Gasteiger partial charge in [-0.2, -0.15) is 0 Å². The highest BCUT2D eigenvalue weighted by Crippen LogP contribution is 2.24. The smallest absolute Gasteiger partial charge is 0.350 e. The largest absolute Gasteiger partial charge is 0.490 e. The first-order valence-corrected chi connectivity index (χ1v) is 8.80. The Morgan fingerprint density at radius 3 is 2.65 bits per heavy atom. The van der Waals surface area contributed by atoms with Crippen molar-refractivity contribution < 1.29 is 9.53 Å². The molecule has 1 amide bonds. The number of pyridine rings is 1. The molecule has 1 aliphatic carbocycles. The molecule has 2 aromatic heterocycles. The molecule has 134 valence electrons. The summed E-state index contributed by atoms with van der Waals surface area (Å²) in [7, 11) is 0. The van der Waals surface area contributed by atoms with Crippen molar-refractivity contribution in [3.63, 3.8) is 0 Å². The van der Waals surface area contributed by atoms with Crippen LogP contribution in [0.15, 0.2) is 53.5 Å². The molecule has 2 heterocycles. The van der Waals surface area contributed by atoms with E-state index in [9.17, 15) is 9.59 Å². The maximum absolute atomic E-state index is 12.2. The van der Waals surface area contributed by atoms with Crippen molar-refractivity contribution in [3.8, 4) is 5.75 Å². The van der Waals surface area contributed by atoms with E-state index in [2.05, 4.69) is 10.4 Å². The van der Waals surface area contributed by atoms with Gasteiger partial charge < -0.3 is 10.1 Å². The maximum Gasteiger partial charge on any atom is 0.350 e. The van der Waals surface area contributed by atoms with Gasteiger partial charge in [-0.15, -0.1) is 5.10 Å². The van der Waals surface area contributed by atoms with Crippen molar-refractivity contribution >= 4 is 17.2 Å². The number of fused-ring (bicyclic) bond motifs is 1. The molecule has 0 bridgehead atoms. The molecule has 1 saturated carbocycles. The van der Waals surface area contributed by atoms with Crippen molar-refractivity contribution in [3.05, 3.63) is 59.1 Å². The van der Waals surface area contributed by atoms with Gasteiger partial charge in [0.1, 0.15) is 12.3 Å². The summed E-state index contributed by atoms with van der Waals surface area (Å²) >= 11 is 0. The summed E-state index contributed by atoms with van der Waals surface area (Å²) in [6.45, 7) is -0.138. The van der Waals surface area contributed by atoms with Crippen LogP contribution in [0.3, 0.4) is 0 Å². The molecule has 7 nitrogen and oxygen atoms in total. The number of ether oxygens (including phenoxy) is 1. The number of nitrogens with zero attached hydrogens (tertiary/aromatic N) is 3. The predicted molar refractivity (Wildman–Crippen MR) is 97.4 cm³/mol. The standard InChI is InChI=1S/C19H20N4O3/c24-18(13-23-19(25)22-12-4-3-7-17(22)21-23)20-14-8-10-16(11-9-14)26-15-5-1-2-6-15/h3-4,7-12,15H,1-2,5-6,13H2,(H,20,24). The van der Waals surface area contributed by atoms with Crippen LogP contribution in [0.2, 0.25) is 0 Å². The van der Waals surface area contributed by atoms with Crippen molar-refractivity contribution in [2.45, 2.75) is 38.3 Å². The number of rotatable bonds is 5. The first-order chi connectivity index (χ1) is 12.7. The molecule has 0 radical (unpaired) electrons. The average Bonchev–Trinajstić information content (AvgIpc) is 3.26. The minimum atomic E-state index is -0.337. The minimum absolute atomic E-state index is 0.138. The third-order valence-corrected chi connectivity index (χ3v) is 4.52. The molecule has 1 aliphatic rings. The molecule has 1 aromatic carbocycles. The Labute approximate surface area is 150 Å². The molecular weight excluding hydrogens is 332 g/mol. The number of hydrogen-bond donors (Lipinski definition) is 1. The predicted octanol–water partition coefficient (Wildman–Crippen LogP) is 2.46. The van der Waals surface area contributed by atoms with E-state index in [4.69, 9.17) is 4.74 Å². The van der Waals surface area contributed by atoms with E-state index >= 15 is 0 Å². The SMILES string of the molecule is O=C(Cn1nc2ccccn2c1=O)Nc1ccc(OC2CCCC2)cc1. The molecule has 1 N–H and O–H groups in total. The minimum Gasteiger partial charge on any atom is -0.490 e. The fourth-order valence-corrected chi connectivity index (χ4v) is 3.22. The zero-order valence-corrected chi connectivity index (χ0v) is 14.3. The number of carbonyl (C=O) groups is 1. The Hall–Kier alpha value is -3.09. The summed E-state index contributed by atoms with van der Waals surface area (Å²) < 4.78 is 8.47. The molecular formula is C19H20N4O3. The van der Waals surface area contributed by atoms with E-state index in [0.717, 1.165) is 23.3 Å². The topological polar surface area (TPSA) is 77.6 Å². The van der Waals surface area contributed by atoms with Gasteiger partial charge in [0, 0.05) is 11.9 Å². The second kappa shape index (κ2) is 7.03. The van der Waals surface area contributed by atoms with Crippen molar-refractivity contribution in [1.82, 2.24) is 14.2 Å². The summed E-state index contributed by atoms with van der Waals surface area (Å²) in [5, 5.41) is 6.93. The second-order valence-electron chi connectivity index (χ2n) is 6.47. The first kappa shape index (κ1) is 16.4. The van der Waals surface area contributed by atoms with Crippen molar-refractivity contribution in [1.29, 1.82) is 0 Å². The van der Waals surface area contributed by atoms with Crippen LogP contribution in [-0.4, -0.2) is 26.2 Å². The number of carbonyl (C=O) groups excluding carboxylic acids is 1. The van der Waals surface area contributed by atoms with Crippen LogP contribution in [0, 0.1) is 0 Å². The van der Waals surface area contributed by atoms with Gasteiger partial charge in [-0.05, 0) is 62.1 Å². The number of benzene rings is 1. The Morgan fingerprint density at radius 1 is 1.15 bits per heavy atom. The highest BCUT2D eigenvalue weighted by molar-refractivity contribution is 5.90. The zero-order chi connectivity index (χ0) is 17.9. The molecule has 0 atom stereocenters. The van der Waals surface area contributed by atoms with E-state index in [1.54, 1.807) is 36.5 Å². The Balaban J connectivity index is 1.39. The monoisotopic (exact) mass is 352 g/mol. The second-order valence-corrected chi connectivity index (χ2v) is 6.47. The lowest BCUT2D eigenvalue weighted by Crippen LogP contribution is -2.28. The summed E-state index contributed by atoms with van der Waals surface area (Å²) in [4.78, 5) is 24.4. The van der Waals surface area contributed by atoms with E-state index < -0.39 is 0 Å². The van der Waals surface area contributed by atoms with Gasteiger partial charge in [-0.1, -0.05) is 6.07 Å². The number of anilines is 1. The normalized spacial score (nSPS) is 14.6. The summed E-state index contributed by atoms with van der Waals surface area (Å²) in [5.41, 5.74) is 0.834. The van der Waals surface area contributed by atoms with Crippen LogP contribution >= 0.6 is 0 Å². The Kier molecular flexibility index (Phi) is 4.43. The quantitative estimate of drug-likeness (QED) is 0.765. The third-order valence-electron chi connectivity index (χ3n) is 4.52. The molecule has 0 aliphatic heterocycles. The molecule has 1 fully saturated rings. The van der Waals surface area contributed by atoms with Gasteiger partial charge in [0.2, 0.25) is 5.91 Å². The molecule has 26 heavy (non-hydrogen) atoms. The molecule has 7 heteroatoms. The van der Waals surface area contributed by atoms with Gasteiger partial charge in [0.05, 0.1) is 6.10 Å². The van der Waals surface area contributed by atoms with Crippen LogP contribution in [0.25, 0.3) is 5.65 Å². The molecule has 3 aromatic rings. The Bertz CT molecular complexity index is 968. The zero-order valence-electron chi connectivity index (χ0n) is 14.3. The fourth-order valence-electron chi connectivity index (χ4n) is 3.22. The fraction of sp³-hybridized carbons (Fsp3) is 0.316. The van der Waals surface area contributed by atoms with Crippen molar-refractivity contribution in [2.75, 3.05) is 5.32 Å². The number of nitrogens with one attached hydrogen (secondary N) is 1. The summed E-state index contributed by atoms with van der Waals surface area (Å²) in [5.74, 6) is 0.506. The van der Waals surface area contributed by atoms with Crippen molar-refractivity contribution in [2.24, 2.45) is 0 Å². The highest BCUT2D eigenvalue weighted by atomic mass is 16.5. The van der Waals surface area contributed by atoms with Crippen LogP contribution in [0.4, 0.5) is 5.69 Å². The lowest BCUT2D eigenvalue weighted by atomic mass is 10.2. The van der Waals surface area contributed by atoms with E-state index in [0.29, 0.717) is 17.4 Å². The van der Waals surface area contributed by atoms with Crippen LogP contribution < -0.4 is 15.7 Å². The van der Waals surface area contributed by atoms with Crippen LogP contribution in [0.5, 0.6) is 5.75 Å². The van der Waals surface area contributed by atoms with Gasteiger partial charge in [-0.3, -0.25) is 9.20 Å². The summed E-state index contributed by atoms with van der Waals surface area (Å²) in [6.07, 6.45) is 6.58. The lowest BCUT2D eigenvalue weighted by Gasteiger charge is -2.13. The average molecular weight is 352 g/mol. The summed E-state index contributed by atoms with van der Waals surface area (Å²) in [6, 6.07) is 12.6. The van der Waals surface area contributed by atoms with E-state index in [1.165, 1.54) is 17.2 Å². The molecule has 0 saturated heterocycles. The highest BCUT2D eigenvalue weighted by Gasteiger charge is 2.16. The van der Waals surface area contributed by atoms with Gasteiger partial charge in [0.15, 0.2) is 5.65 Å². The first-order valence-electron chi connectivity index (χ1n) is 8.80. The van der Waals surface area contributed by atoms with Gasteiger partial charge in [-0.25, -0.2) is 9.48 Å². The number of hydrogen-bond acceptors (Lipinski definition) is 4. The van der Waals surface area contributed by atoms with E-state index in [1.807, 2.05) is 12.1 Å². The molecule has 0 unspecified atom stereocenters. The van der Waals surface area contributed by atoms with Crippen LogP contribution in [0.1, 0.15) is 25.7 Å². The third kappa shape index (κ3) is 3.46. The number of amides is 1. The van der Waals surface area contributed by atoms with E-state index in [-0.39, 0.29) is 18.1 Å². The van der Waals surface area contributed by atoms with Gasteiger partial charge >= 0.3 is 5.69 Å². The Morgan fingerprint density at radius 2 is 1.92 bits per heavy atom. The van der Waals surface area contributed by atoms with Crippen LogP contribution in [-0.2, 0) is 11.3 Å². The lowest BCUT2D eigenvalue weighted by molar-refractivity contribution is -0.117. The number of aromatic nitrogens is 3. The molecule has 4 rings (SSSR count). The maximum atomic E-state index is 12.2. The van der Waals surface area contributed by atoms with Gasteiger partial charge in [0.25, 0.3) is 0 Å². The molecule has 0 spiro atoms.